The van der Waals surface area contributed by atoms with E-state index in [1.165, 1.54) is 0 Å². The zero-order chi connectivity index (χ0) is 9.97. The van der Waals surface area contributed by atoms with Crippen molar-refractivity contribution in [1.29, 1.82) is 0 Å². The Bertz CT molecular complexity index is 379. The molecule has 14 heavy (non-hydrogen) atoms. The molecule has 0 saturated carbocycles. The van der Waals surface area contributed by atoms with Gasteiger partial charge in [-0.15, -0.1) is 0 Å². The summed E-state index contributed by atoms with van der Waals surface area (Å²) in [7, 11) is 1.92. The molecule has 0 fully saturated rings. The number of fused-ring (bicyclic) bond motifs is 1. The van der Waals surface area contributed by atoms with E-state index in [-0.39, 0.29) is 5.91 Å². The third-order valence-corrected chi connectivity index (χ3v) is 2.39. The number of nitrogens with zero attached hydrogens (tertiary/aromatic N) is 2. The molecule has 0 radical (unpaired) electrons. The minimum absolute atomic E-state index is 0.112. The van der Waals surface area contributed by atoms with E-state index in [0.29, 0.717) is 5.69 Å². The highest BCUT2D eigenvalue weighted by Crippen LogP contribution is 2.11. The molecule has 0 unspecified atom stereocenters. The molecule has 1 aromatic rings. The summed E-state index contributed by atoms with van der Waals surface area (Å²) in [6.07, 6.45) is 8.32. The first-order valence-electron chi connectivity index (χ1n) is 4.75. The average molecular weight is 191 g/mol. The van der Waals surface area contributed by atoms with E-state index in [1.54, 1.807) is 12.5 Å². The predicted molar refractivity (Wildman–Crippen MR) is 52.8 cm³/mol. The Morgan fingerprint density at radius 1 is 1.57 bits per heavy atom. The van der Waals surface area contributed by atoms with E-state index in [4.69, 9.17) is 0 Å². The average Bonchev–Trinajstić information content (AvgIpc) is 2.55. The monoisotopic (exact) mass is 191 g/mol. The number of nitrogens with one attached hydrogen (secondary N) is 1. The molecule has 1 aliphatic heterocycles. The summed E-state index contributed by atoms with van der Waals surface area (Å²) in [5.41, 5.74) is 1.57. The van der Waals surface area contributed by atoms with E-state index in [2.05, 4.69) is 10.3 Å². The molecule has 74 valence electrons. The topological polar surface area (TPSA) is 46.9 Å². The van der Waals surface area contributed by atoms with E-state index < -0.39 is 0 Å². The molecule has 1 amide bonds. The van der Waals surface area contributed by atoms with Gasteiger partial charge in [0.2, 0.25) is 0 Å². The van der Waals surface area contributed by atoms with Crippen LogP contribution >= 0.6 is 0 Å². The normalized spacial score (nSPS) is 18.8. The zero-order valence-electron chi connectivity index (χ0n) is 8.16. The highest BCUT2D eigenvalue weighted by molar-refractivity contribution is 5.94. The quantitative estimate of drug-likeness (QED) is 0.665. The lowest BCUT2D eigenvalue weighted by Gasteiger charge is -2.02. The van der Waals surface area contributed by atoms with Gasteiger partial charge in [-0.3, -0.25) is 4.79 Å². The van der Waals surface area contributed by atoms with Gasteiger partial charge in [0.05, 0.1) is 12.0 Å². The summed E-state index contributed by atoms with van der Waals surface area (Å²) in [5.74, 6) is -0.112. The molecule has 0 spiro atoms. The van der Waals surface area contributed by atoms with Gasteiger partial charge < -0.3 is 9.88 Å². The largest absolute Gasteiger partial charge is 0.337 e. The molecule has 2 rings (SSSR count). The molecule has 2 heterocycles. The fourth-order valence-corrected chi connectivity index (χ4v) is 1.61. The zero-order valence-corrected chi connectivity index (χ0v) is 8.16. The van der Waals surface area contributed by atoms with Gasteiger partial charge in [0.25, 0.3) is 5.91 Å². The number of amides is 1. The van der Waals surface area contributed by atoms with Crippen molar-refractivity contribution in [3.8, 4) is 0 Å². The maximum Gasteiger partial charge on any atom is 0.275 e. The molecule has 1 N–H and O–H groups in total. The second-order valence-electron chi connectivity index (χ2n) is 3.42. The number of rotatable bonds is 0. The fourth-order valence-electron chi connectivity index (χ4n) is 1.61. The van der Waals surface area contributed by atoms with Crippen LogP contribution in [0.25, 0.3) is 0 Å². The summed E-state index contributed by atoms with van der Waals surface area (Å²) >= 11 is 0. The lowest BCUT2D eigenvalue weighted by atomic mass is 10.1. The molecule has 0 saturated heterocycles. The first kappa shape index (κ1) is 8.99. The third-order valence-electron chi connectivity index (χ3n) is 2.39. The van der Waals surface area contributed by atoms with Gasteiger partial charge in [-0.05, 0) is 19.3 Å². The SMILES string of the molecule is Cn1cnc2c1CCC/C=C/NC2=O. The molecule has 1 aliphatic rings. The maximum atomic E-state index is 11.6. The second kappa shape index (κ2) is 3.65. The van der Waals surface area contributed by atoms with E-state index in [1.807, 2.05) is 17.7 Å². The molecule has 0 aromatic carbocycles. The smallest absolute Gasteiger partial charge is 0.275 e. The molecular formula is C10H13N3O. The van der Waals surface area contributed by atoms with Crippen molar-refractivity contribution in [3.63, 3.8) is 0 Å². The first-order chi connectivity index (χ1) is 6.79. The number of allylic oxidation sites excluding steroid dienone is 1. The van der Waals surface area contributed by atoms with Crippen LogP contribution in [-0.2, 0) is 13.5 Å². The molecule has 0 aliphatic carbocycles. The van der Waals surface area contributed by atoms with Crippen LogP contribution in [0.15, 0.2) is 18.6 Å². The number of carbonyl (C=O) groups is 1. The van der Waals surface area contributed by atoms with Crippen LogP contribution in [0.3, 0.4) is 0 Å². The minimum atomic E-state index is -0.112. The van der Waals surface area contributed by atoms with Crippen LogP contribution in [0.1, 0.15) is 29.0 Å². The lowest BCUT2D eigenvalue weighted by Crippen LogP contribution is -2.19. The minimum Gasteiger partial charge on any atom is -0.337 e. The molecule has 1 aromatic heterocycles. The van der Waals surface area contributed by atoms with Crippen molar-refractivity contribution in [1.82, 2.24) is 14.9 Å². The lowest BCUT2D eigenvalue weighted by molar-refractivity contribution is 0.0964. The number of aromatic nitrogens is 2. The van der Waals surface area contributed by atoms with Crippen LogP contribution in [0.5, 0.6) is 0 Å². The maximum absolute atomic E-state index is 11.6. The standard InChI is InChI=1S/C10H13N3O/c1-13-7-12-9-8(13)5-3-2-4-6-11-10(9)14/h4,6-7H,2-3,5H2,1H3,(H,11,14)/b6-4+. The van der Waals surface area contributed by atoms with Gasteiger partial charge in [0.1, 0.15) is 5.69 Å². The van der Waals surface area contributed by atoms with Crippen LogP contribution in [-0.4, -0.2) is 15.5 Å². The van der Waals surface area contributed by atoms with Crippen LogP contribution < -0.4 is 5.32 Å². The Morgan fingerprint density at radius 2 is 2.43 bits per heavy atom. The summed E-state index contributed by atoms with van der Waals surface area (Å²) < 4.78 is 1.92. The Labute approximate surface area is 82.6 Å². The van der Waals surface area contributed by atoms with Gasteiger partial charge in [-0.2, -0.15) is 0 Å². The Kier molecular flexibility index (Phi) is 2.35. The highest BCUT2D eigenvalue weighted by atomic mass is 16.1. The number of hydrogen-bond donors (Lipinski definition) is 1. The van der Waals surface area contributed by atoms with Crippen molar-refractivity contribution in [3.05, 3.63) is 30.0 Å². The molecular weight excluding hydrogens is 178 g/mol. The summed E-state index contributed by atoms with van der Waals surface area (Å²) in [6, 6.07) is 0. The van der Waals surface area contributed by atoms with Gasteiger partial charge in [0, 0.05) is 13.2 Å². The Balaban J connectivity index is 2.38. The van der Waals surface area contributed by atoms with Gasteiger partial charge in [-0.1, -0.05) is 6.08 Å². The molecule has 0 bridgehead atoms. The first-order valence-corrected chi connectivity index (χ1v) is 4.75. The fraction of sp³-hybridized carbons (Fsp3) is 0.400. The van der Waals surface area contributed by atoms with Crippen molar-refractivity contribution in [2.45, 2.75) is 19.3 Å². The third kappa shape index (κ3) is 1.55. The molecule has 4 heteroatoms. The molecule has 0 atom stereocenters. The Hall–Kier alpha value is -1.58. The van der Waals surface area contributed by atoms with Gasteiger partial charge in [-0.25, -0.2) is 4.98 Å². The van der Waals surface area contributed by atoms with E-state index in [9.17, 15) is 4.79 Å². The highest BCUT2D eigenvalue weighted by Gasteiger charge is 2.15. The number of aryl methyl sites for hydroxylation is 1. The Morgan fingerprint density at radius 3 is 3.29 bits per heavy atom. The van der Waals surface area contributed by atoms with Crippen LogP contribution in [0.2, 0.25) is 0 Å². The van der Waals surface area contributed by atoms with Crippen LogP contribution in [0.4, 0.5) is 0 Å². The summed E-state index contributed by atoms with van der Waals surface area (Å²) in [5, 5.41) is 2.70. The van der Waals surface area contributed by atoms with E-state index >= 15 is 0 Å². The van der Waals surface area contributed by atoms with Crippen molar-refractivity contribution < 1.29 is 4.79 Å². The van der Waals surface area contributed by atoms with E-state index in [0.717, 1.165) is 25.0 Å². The van der Waals surface area contributed by atoms with Crippen molar-refractivity contribution >= 4 is 5.91 Å². The number of carbonyl (C=O) groups excluding carboxylic acids is 1. The van der Waals surface area contributed by atoms with Crippen molar-refractivity contribution in [2.24, 2.45) is 7.05 Å². The van der Waals surface area contributed by atoms with Crippen LogP contribution in [0, 0.1) is 0 Å². The molecule has 4 nitrogen and oxygen atoms in total. The second-order valence-corrected chi connectivity index (χ2v) is 3.42. The number of imidazole rings is 1. The number of hydrogen-bond acceptors (Lipinski definition) is 2. The summed E-state index contributed by atoms with van der Waals surface area (Å²) in [4.78, 5) is 15.7. The predicted octanol–water partition coefficient (Wildman–Crippen LogP) is 1.000. The van der Waals surface area contributed by atoms with Gasteiger partial charge >= 0.3 is 0 Å². The van der Waals surface area contributed by atoms with Crippen molar-refractivity contribution in [2.75, 3.05) is 0 Å². The summed E-state index contributed by atoms with van der Waals surface area (Å²) in [6.45, 7) is 0. The van der Waals surface area contributed by atoms with Gasteiger partial charge in [0.15, 0.2) is 0 Å².